The molecular formula is C19H19N3O2. The Kier molecular flexibility index (Phi) is 4.76. The maximum atomic E-state index is 10.7. The predicted molar refractivity (Wildman–Crippen MR) is 90.9 cm³/mol. The molecule has 0 spiro atoms. The number of anilines is 1. The molecule has 0 saturated carbocycles. The van der Waals surface area contributed by atoms with Crippen molar-refractivity contribution in [2.75, 3.05) is 18.0 Å². The molecule has 0 bridgehead atoms. The predicted octanol–water partition coefficient (Wildman–Crippen LogP) is 2.96. The summed E-state index contributed by atoms with van der Waals surface area (Å²) >= 11 is 0. The fraction of sp³-hybridized carbons (Fsp3) is 0.316. The summed E-state index contributed by atoms with van der Waals surface area (Å²) < 4.78 is 0. The number of carboxylic acid groups (broad SMARTS) is 1. The lowest BCUT2D eigenvalue weighted by atomic mass is 9.89. The zero-order valence-corrected chi connectivity index (χ0v) is 13.4. The maximum Gasteiger partial charge on any atom is 0.307 e. The van der Waals surface area contributed by atoms with Crippen LogP contribution in [0.15, 0.2) is 42.6 Å². The minimum absolute atomic E-state index is 0.0725. The molecule has 0 unspecified atom stereocenters. The largest absolute Gasteiger partial charge is 0.481 e. The van der Waals surface area contributed by atoms with Crippen LogP contribution in [0.25, 0.3) is 0 Å². The van der Waals surface area contributed by atoms with E-state index in [1.807, 2.05) is 18.2 Å². The van der Waals surface area contributed by atoms with E-state index in [9.17, 15) is 4.79 Å². The Morgan fingerprint density at radius 2 is 1.92 bits per heavy atom. The molecule has 24 heavy (non-hydrogen) atoms. The molecule has 3 rings (SSSR count). The summed E-state index contributed by atoms with van der Waals surface area (Å²) in [5.41, 5.74) is 2.69. The lowest BCUT2D eigenvalue weighted by Crippen LogP contribution is -2.33. The van der Waals surface area contributed by atoms with Gasteiger partial charge in [0.1, 0.15) is 11.9 Å². The van der Waals surface area contributed by atoms with Gasteiger partial charge in [-0.1, -0.05) is 24.3 Å². The highest BCUT2D eigenvalue weighted by atomic mass is 16.4. The van der Waals surface area contributed by atoms with Gasteiger partial charge in [0.15, 0.2) is 0 Å². The van der Waals surface area contributed by atoms with Crippen molar-refractivity contribution in [3.63, 3.8) is 0 Å². The molecule has 1 N–H and O–H groups in total. The molecule has 0 aliphatic carbocycles. The molecule has 122 valence electrons. The van der Waals surface area contributed by atoms with Crippen molar-refractivity contribution >= 4 is 11.8 Å². The molecule has 1 aromatic heterocycles. The third-order valence-electron chi connectivity index (χ3n) is 4.50. The maximum absolute atomic E-state index is 10.7. The van der Waals surface area contributed by atoms with E-state index in [1.54, 1.807) is 12.3 Å². The van der Waals surface area contributed by atoms with Crippen molar-refractivity contribution < 1.29 is 9.90 Å². The van der Waals surface area contributed by atoms with Crippen molar-refractivity contribution in [3.8, 4) is 6.07 Å². The van der Waals surface area contributed by atoms with E-state index in [0.717, 1.165) is 37.3 Å². The second kappa shape index (κ2) is 7.14. The van der Waals surface area contributed by atoms with Gasteiger partial charge in [-0.05, 0) is 42.0 Å². The molecule has 0 atom stereocenters. The Morgan fingerprint density at radius 1 is 1.21 bits per heavy atom. The third kappa shape index (κ3) is 3.72. The highest BCUT2D eigenvalue weighted by Crippen LogP contribution is 2.30. The summed E-state index contributed by atoms with van der Waals surface area (Å²) in [6.45, 7) is 1.86. The van der Waals surface area contributed by atoms with Crippen molar-refractivity contribution in [1.29, 1.82) is 5.26 Å². The molecule has 2 aromatic rings. The summed E-state index contributed by atoms with van der Waals surface area (Å²) in [6, 6.07) is 13.7. The second-order valence-electron chi connectivity index (χ2n) is 6.09. The van der Waals surface area contributed by atoms with Crippen LogP contribution in [0.4, 0.5) is 5.82 Å². The van der Waals surface area contributed by atoms with Crippen molar-refractivity contribution in [2.45, 2.75) is 25.2 Å². The summed E-state index contributed by atoms with van der Waals surface area (Å²) in [4.78, 5) is 17.3. The van der Waals surface area contributed by atoms with Crippen molar-refractivity contribution in [2.24, 2.45) is 0 Å². The van der Waals surface area contributed by atoms with Gasteiger partial charge in [0, 0.05) is 19.3 Å². The molecule has 2 heterocycles. The van der Waals surface area contributed by atoms with Gasteiger partial charge >= 0.3 is 5.97 Å². The molecule has 5 nitrogen and oxygen atoms in total. The number of hydrogen-bond donors (Lipinski definition) is 1. The van der Waals surface area contributed by atoms with Crippen LogP contribution in [0.5, 0.6) is 0 Å². The summed E-state index contributed by atoms with van der Waals surface area (Å²) in [5, 5.41) is 17.7. The summed E-state index contributed by atoms with van der Waals surface area (Å²) in [5.74, 6) is 0.619. The van der Waals surface area contributed by atoms with Crippen LogP contribution in [0.3, 0.4) is 0 Å². The molecule has 1 aliphatic rings. The molecule has 1 saturated heterocycles. The third-order valence-corrected chi connectivity index (χ3v) is 4.50. The molecule has 0 amide bonds. The van der Waals surface area contributed by atoms with Crippen LogP contribution in [0.2, 0.25) is 0 Å². The van der Waals surface area contributed by atoms with Crippen molar-refractivity contribution in [1.82, 2.24) is 4.98 Å². The number of pyridine rings is 1. The van der Waals surface area contributed by atoms with Gasteiger partial charge in [-0.2, -0.15) is 5.26 Å². The van der Waals surface area contributed by atoms with Crippen LogP contribution in [0.1, 0.15) is 35.4 Å². The van der Waals surface area contributed by atoms with E-state index >= 15 is 0 Å². The zero-order valence-electron chi connectivity index (χ0n) is 13.4. The Morgan fingerprint density at radius 3 is 2.46 bits per heavy atom. The first-order chi connectivity index (χ1) is 11.7. The fourth-order valence-corrected chi connectivity index (χ4v) is 3.16. The van der Waals surface area contributed by atoms with Crippen LogP contribution in [0, 0.1) is 11.3 Å². The van der Waals surface area contributed by atoms with Gasteiger partial charge in [0.2, 0.25) is 0 Å². The Labute approximate surface area is 141 Å². The van der Waals surface area contributed by atoms with E-state index in [1.165, 1.54) is 5.56 Å². The Hall–Kier alpha value is -2.87. The standard InChI is InChI=1S/C19H19N3O2/c20-12-15-3-6-18(21-13-15)22-9-7-17(8-10-22)16-4-1-14(2-5-16)11-19(23)24/h1-6,13,17H,7-11H2,(H,23,24). The normalized spacial score (nSPS) is 15.0. The first-order valence-electron chi connectivity index (χ1n) is 8.07. The Balaban J connectivity index is 1.60. The fourth-order valence-electron chi connectivity index (χ4n) is 3.16. The number of hydrogen-bond acceptors (Lipinski definition) is 4. The van der Waals surface area contributed by atoms with Gasteiger partial charge in [0.25, 0.3) is 0 Å². The average Bonchev–Trinajstić information content (AvgIpc) is 2.62. The Bertz CT molecular complexity index is 740. The van der Waals surface area contributed by atoms with Gasteiger partial charge in [-0.3, -0.25) is 4.79 Å². The zero-order chi connectivity index (χ0) is 16.9. The molecular weight excluding hydrogens is 302 g/mol. The van der Waals surface area contributed by atoms with Crippen LogP contribution >= 0.6 is 0 Å². The number of nitrogens with zero attached hydrogens (tertiary/aromatic N) is 3. The van der Waals surface area contributed by atoms with E-state index < -0.39 is 5.97 Å². The van der Waals surface area contributed by atoms with Crippen molar-refractivity contribution in [3.05, 3.63) is 59.3 Å². The number of aromatic nitrogens is 1. The molecule has 0 radical (unpaired) electrons. The second-order valence-corrected chi connectivity index (χ2v) is 6.09. The number of carbonyl (C=O) groups is 1. The number of aliphatic carboxylic acids is 1. The minimum Gasteiger partial charge on any atom is -0.481 e. The highest BCUT2D eigenvalue weighted by molar-refractivity contribution is 5.70. The van der Waals surface area contributed by atoms with Crippen LogP contribution < -0.4 is 4.90 Å². The number of rotatable bonds is 4. The number of carboxylic acids is 1. The highest BCUT2D eigenvalue weighted by Gasteiger charge is 2.21. The average molecular weight is 321 g/mol. The number of benzene rings is 1. The summed E-state index contributed by atoms with van der Waals surface area (Å²) in [6.07, 6.45) is 3.77. The molecule has 1 aliphatic heterocycles. The molecule has 1 aromatic carbocycles. The minimum atomic E-state index is -0.800. The van der Waals surface area contributed by atoms with Gasteiger partial charge in [-0.15, -0.1) is 0 Å². The molecule has 5 heteroatoms. The monoisotopic (exact) mass is 321 g/mol. The van der Waals surface area contributed by atoms with Crippen LogP contribution in [-0.2, 0) is 11.2 Å². The van der Waals surface area contributed by atoms with E-state index in [0.29, 0.717) is 11.5 Å². The first kappa shape index (κ1) is 16.0. The number of piperidine rings is 1. The van der Waals surface area contributed by atoms with E-state index in [4.69, 9.17) is 10.4 Å². The quantitative estimate of drug-likeness (QED) is 0.937. The van der Waals surface area contributed by atoms with E-state index in [-0.39, 0.29) is 6.42 Å². The SMILES string of the molecule is N#Cc1ccc(N2CCC(c3ccc(CC(=O)O)cc3)CC2)nc1. The smallest absolute Gasteiger partial charge is 0.307 e. The molecule has 1 fully saturated rings. The first-order valence-corrected chi connectivity index (χ1v) is 8.07. The summed E-state index contributed by atoms with van der Waals surface area (Å²) in [7, 11) is 0. The lowest BCUT2D eigenvalue weighted by molar-refractivity contribution is -0.136. The number of nitriles is 1. The topological polar surface area (TPSA) is 77.2 Å². The van der Waals surface area contributed by atoms with Crippen LogP contribution in [-0.4, -0.2) is 29.1 Å². The lowest BCUT2D eigenvalue weighted by Gasteiger charge is -2.33. The van der Waals surface area contributed by atoms with Gasteiger partial charge in [-0.25, -0.2) is 4.98 Å². The van der Waals surface area contributed by atoms with Gasteiger partial charge < -0.3 is 10.0 Å². The van der Waals surface area contributed by atoms with Gasteiger partial charge in [0.05, 0.1) is 12.0 Å². The van der Waals surface area contributed by atoms with E-state index in [2.05, 4.69) is 28.1 Å².